The van der Waals surface area contributed by atoms with Crippen LogP contribution in [0.2, 0.25) is 0 Å². The standard InChI is InChI=1S/C13H17N5/c1-2-4-11(5-3-1)10-13-15-17-18(16-13)12-6-8-14-9-7-12/h1-5,12,14H,6-10H2. The number of nitrogens with one attached hydrogen (secondary N) is 1. The highest BCUT2D eigenvalue weighted by atomic mass is 15.6. The molecule has 94 valence electrons. The molecular formula is C13H17N5. The summed E-state index contributed by atoms with van der Waals surface area (Å²) in [5.74, 6) is 0.805. The predicted octanol–water partition coefficient (Wildman–Crippen LogP) is 1.19. The number of benzene rings is 1. The second kappa shape index (κ2) is 5.27. The fraction of sp³-hybridized carbons (Fsp3) is 0.462. The number of piperidine rings is 1. The van der Waals surface area contributed by atoms with Crippen molar-refractivity contribution < 1.29 is 0 Å². The van der Waals surface area contributed by atoms with Crippen LogP contribution in [-0.2, 0) is 6.42 Å². The molecule has 1 aromatic heterocycles. The van der Waals surface area contributed by atoms with Gasteiger partial charge in [-0.3, -0.25) is 0 Å². The molecule has 0 saturated carbocycles. The summed E-state index contributed by atoms with van der Waals surface area (Å²) in [6.07, 6.45) is 2.92. The zero-order valence-electron chi connectivity index (χ0n) is 10.3. The average molecular weight is 243 g/mol. The molecule has 0 bridgehead atoms. The molecule has 0 spiro atoms. The fourth-order valence-corrected chi connectivity index (χ4v) is 2.30. The van der Waals surface area contributed by atoms with E-state index in [1.165, 1.54) is 5.56 Å². The Kier molecular flexibility index (Phi) is 3.32. The van der Waals surface area contributed by atoms with Crippen LogP contribution in [0.1, 0.15) is 30.3 Å². The minimum absolute atomic E-state index is 0.406. The molecule has 0 amide bonds. The molecule has 0 atom stereocenters. The minimum Gasteiger partial charge on any atom is -0.317 e. The van der Waals surface area contributed by atoms with Crippen LogP contribution in [0.3, 0.4) is 0 Å². The van der Waals surface area contributed by atoms with Gasteiger partial charge in [-0.05, 0) is 36.7 Å². The third-order valence-corrected chi connectivity index (χ3v) is 3.31. The van der Waals surface area contributed by atoms with Crippen molar-refractivity contribution in [2.24, 2.45) is 0 Å². The third kappa shape index (κ3) is 2.56. The Morgan fingerprint density at radius 3 is 2.72 bits per heavy atom. The molecule has 1 N–H and O–H groups in total. The van der Waals surface area contributed by atoms with Gasteiger partial charge in [0, 0.05) is 6.42 Å². The maximum Gasteiger partial charge on any atom is 0.179 e. The van der Waals surface area contributed by atoms with E-state index in [0.717, 1.165) is 38.2 Å². The molecule has 1 fully saturated rings. The summed E-state index contributed by atoms with van der Waals surface area (Å²) in [4.78, 5) is 1.79. The molecule has 1 aliphatic rings. The summed E-state index contributed by atoms with van der Waals surface area (Å²) in [6, 6.07) is 10.7. The van der Waals surface area contributed by atoms with Crippen LogP contribution in [-0.4, -0.2) is 33.3 Å². The van der Waals surface area contributed by atoms with E-state index in [9.17, 15) is 0 Å². The van der Waals surface area contributed by atoms with Crippen molar-refractivity contribution in [3.8, 4) is 0 Å². The van der Waals surface area contributed by atoms with E-state index in [4.69, 9.17) is 0 Å². The Hall–Kier alpha value is -1.75. The second-order valence-electron chi connectivity index (χ2n) is 4.67. The van der Waals surface area contributed by atoms with E-state index in [1.54, 1.807) is 4.80 Å². The van der Waals surface area contributed by atoms with Crippen LogP contribution < -0.4 is 5.32 Å². The number of nitrogens with zero attached hydrogens (tertiary/aromatic N) is 4. The van der Waals surface area contributed by atoms with Gasteiger partial charge in [0.2, 0.25) is 0 Å². The summed E-state index contributed by atoms with van der Waals surface area (Å²) in [7, 11) is 0. The zero-order chi connectivity index (χ0) is 12.2. The Labute approximate surface area is 106 Å². The molecular weight excluding hydrogens is 226 g/mol. The van der Waals surface area contributed by atoms with Crippen LogP contribution in [0.15, 0.2) is 30.3 Å². The van der Waals surface area contributed by atoms with Gasteiger partial charge >= 0.3 is 0 Å². The molecule has 1 saturated heterocycles. The molecule has 18 heavy (non-hydrogen) atoms. The maximum atomic E-state index is 4.50. The van der Waals surface area contributed by atoms with Crippen molar-refractivity contribution >= 4 is 0 Å². The number of tetrazole rings is 1. The van der Waals surface area contributed by atoms with E-state index in [0.29, 0.717) is 6.04 Å². The first-order chi connectivity index (χ1) is 8.92. The van der Waals surface area contributed by atoms with E-state index in [-0.39, 0.29) is 0 Å². The molecule has 1 aliphatic heterocycles. The Morgan fingerprint density at radius 1 is 1.17 bits per heavy atom. The smallest absolute Gasteiger partial charge is 0.179 e. The number of rotatable bonds is 3. The first-order valence-corrected chi connectivity index (χ1v) is 6.45. The van der Waals surface area contributed by atoms with Gasteiger partial charge in [0.25, 0.3) is 0 Å². The third-order valence-electron chi connectivity index (χ3n) is 3.31. The van der Waals surface area contributed by atoms with Crippen molar-refractivity contribution in [1.82, 2.24) is 25.5 Å². The summed E-state index contributed by atoms with van der Waals surface area (Å²) in [5, 5.41) is 16.2. The van der Waals surface area contributed by atoms with Crippen LogP contribution in [0.25, 0.3) is 0 Å². The molecule has 5 heteroatoms. The summed E-state index contributed by atoms with van der Waals surface area (Å²) in [5.41, 5.74) is 1.22. The van der Waals surface area contributed by atoms with Gasteiger partial charge in [-0.1, -0.05) is 30.3 Å². The SMILES string of the molecule is c1ccc(Cc2nnn(C3CCNCC3)n2)cc1. The topological polar surface area (TPSA) is 55.6 Å². The highest BCUT2D eigenvalue weighted by Gasteiger charge is 2.17. The zero-order valence-corrected chi connectivity index (χ0v) is 10.3. The van der Waals surface area contributed by atoms with Crippen LogP contribution in [0.5, 0.6) is 0 Å². The van der Waals surface area contributed by atoms with Crippen molar-refractivity contribution in [3.05, 3.63) is 41.7 Å². The fourth-order valence-electron chi connectivity index (χ4n) is 2.30. The lowest BCUT2D eigenvalue weighted by atomic mass is 10.1. The molecule has 5 nitrogen and oxygen atoms in total. The second-order valence-corrected chi connectivity index (χ2v) is 4.67. The van der Waals surface area contributed by atoms with Crippen molar-refractivity contribution in [2.45, 2.75) is 25.3 Å². The lowest BCUT2D eigenvalue weighted by Crippen LogP contribution is -2.30. The molecule has 3 rings (SSSR count). The van der Waals surface area contributed by atoms with Gasteiger partial charge in [-0.25, -0.2) is 0 Å². The summed E-state index contributed by atoms with van der Waals surface area (Å²) in [6.45, 7) is 2.08. The largest absolute Gasteiger partial charge is 0.317 e. The maximum absolute atomic E-state index is 4.50. The van der Waals surface area contributed by atoms with Crippen LogP contribution >= 0.6 is 0 Å². The van der Waals surface area contributed by atoms with Crippen LogP contribution in [0, 0.1) is 0 Å². The first-order valence-electron chi connectivity index (χ1n) is 6.45. The van der Waals surface area contributed by atoms with Gasteiger partial charge in [0.1, 0.15) is 0 Å². The van der Waals surface area contributed by atoms with Crippen LogP contribution in [0.4, 0.5) is 0 Å². The normalized spacial score (nSPS) is 16.9. The molecule has 0 unspecified atom stereocenters. The lowest BCUT2D eigenvalue weighted by molar-refractivity contribution is 0.308. The first kappa shape index (κ1) is 11.3. The van der Waals surface area contributed by atoms with Gasteiger partial charge in [-0.2, -0.15) is 4.80 Å². The number of hydrogen-bond donors (Lipinski definition) is 1. The monoisotopic (exact) mass is 243 g/mol. The van der Waals surface area contributed by atoms with Crippen molar-refractivity contribution in [2.75, 3.05) is 13.1 Å². The quantitative estimate of drug-likeness (QED) is 0.879. The molecule has 1 aromatic carbocycles. The summed E-state index contributed by atoms with van der Waals surface area (Å²) < 4.78 is 0. The van der Waals surface area contributed by atoms with Gasteiger partial charge in [0.15, 0.2) is 5.82 Å². The molecule has 0 aliphatic carbocycles. The van der Waals surface area contributed by atoms with E-state index in [1.807, 2.05) is 18.2 Å². The van der Waals surface area contributed by atoms with Gasteiger partial charge in [-0.15, -0.1) is 10.2 Å². The van der Waals surface area contributed by atoms with Gasteiger partial charge < -0.3 is 5.32 Å². The Morgan fingerprint density at radius 2 is 1.94 bits per heavy atom. The molecule has 2 heterocycles. The lowest BCUT2D eigenvalue weighted by Gasteiger charge is -2.20. The molecule has 2 aromatic rings. The Bertz CT molecular complexity index is 487. The average Bonchev–Trinajstić information content (AvgIpc) is 2.89. The van der Waals surface area contributed by atoms with Crippen molar-refractivity contribution in [1.29, 1.82) is 0 Å². The Balaban J connectivity index is 1.69. The number of hydrogen-bond acceptors (Lipinski definition) is 4. The highest BCUT2D eigenvalue weighted by molar-refractivity contribution is 5.17. The summed E-state index contributed by atoms with van der Waals surface area (Å²) >= 11 is 0. The predicted molar refractivity (Wildman–Crippen MR) is 68.2 cm³/mol. The van der Waals surface area contributed by atoms with E-state index >= 15 is 0 Å². The number of aromatic nitrogens is 4. The van der Waals surface area contributed by atoms with E-state index in [2.05, 4.69) is 32.9 Å². The molecule has 0 radical (unpaired) electrons. The highest BCUT2D eigenvalue weighted by Crippen LogP contribution is 2.15. The van der Waals surface area contributed by atoms with Gasteiger partial charge in [0.05, 0.1) is 6.04 Å². The van der Waals surface area contributed by atoms with E-state index < -0.39 is 0 Å². The minimum atomic E-state index is 0.406. The van der Waals surface area contributed by atoms with Crippen molar-refractivity contribution in [3.63, 3.8) is 0 Å².